The number of urea groups is 1. The Labute approximate surface area is 131 Å². The molecular weight excluding hydrogens is 278 g/mol. The molecule has 5 nitrogen and oxygen atoms in total. The van der Waals surface area contributed by atoms with Crippen LogP contribution in [0.15, 0.2) is 30.3 Å². The van der Waals surface area contributed by atoms with Crippen molar-refractivity contribution in [3.63, 3.8) is 0 Å². The third-order valence-corrected chi connectivity index (χ3v) is 4.42. The Hall–Kier alpha value is -2.04. The van der Waals surface area contributed by atoms with Crippen LogP contribution in [0.2, 0.25) is 0 Å². The second kappa shape index (κ2) is 6.38. The number of nitrogens with zero attached hydrogens (tertiary/aromatic N) is 1. The highest BCUT2D eigenvalue weighted by Gasteiger charge is 2.41. The zero-order chi connectivity index (χ0) is 15.5. The number of benzene rings is 1. The summed E-state index contributed by atoms with van der Waals surface area (Å²) < 4.78 is 0. The highest BCUT2D eigenvalue weighted by atomic mass is 16.2. The number of hydrogen-bond acceptors (Lipinski definition) is 2. The first-order valence-corrected chi connectivity index (χ1v) is 8.07. The minimum Gasteiger partial charge on any atom is -0.353 e. The fraction of sp³-hybridized carbons (Fsp3) is 0.529. The second-order valence-corrected chi connectivity index (χ2v) is 6.15. The summed E-state index contributed by atoms with van der Waals surface area (Å²) in [5.41, 5.74) is 1.13. The summed E-state index contributed by atoms with van der Waals surface area (Å²) >= 11 is 0. The van der Waals surface area contributed by atoms with Crippen LogP contribution >= 0.6 is 0 Å². The van der Waals surface area contributed by atoms with Crippen LogP contribution in [0.5, 0.6) is 0 Å². The number of amides is 3. The molecule has 0 aromatic heterocycles. The number of rotatable bonds is 4. The molecule has 0 radical (unpaired) electrons. The number of carbonyl (C=O) groups is 2. The summed E-state index contributed by atoms with van der Waals surface area (Å²) in [6.45, 7) is 3.59. The van der Waals surface area contributed by atoms with Crippen LogP contribution in [0.1, 0.15) is 31.2 Å². The Morgan fingerprint density at radius 1 is 1.18 bits per heavy atom. The molecule has 0 bridgehead atoms. The van der Waals surface area contributed by atoms with E-state index in [2.05, 4.69) is 10.6 Å². The number of hydrogen-bond donors (Lipinski definition) is 2. The molecule has 1 saturated carbocycles. The van der Waals surface area contributed by atoms with Gasteiger partial charge in [0.1, 0.15) is 0 Å². The van der Waals surface area contributed by atoms with Crippen LogP contribution in [0.3, 0.4) is 0 Å². The van der Waals surface area contributed by atoms with Gasteiger partial charge < -0.3 is 15.5 Å². The quantitative estimate of drug-likeness (QED) is 0.889. The Morgan fingerprint density at radius 3 is 2.55 bits per heavy atom. The van der Waals surface area contributed by atoms with E-state index in [1.54, 1.807) is 4.90 Å². The summed E-state index contributed by atoms with van der Waals surface area (Å²) in [6, 6.07) is 10.3. The maximum absolute atomic E-state index is 12.5. The molecule has 0 unspecified atom stereocenters. The molecule has 2 fully saturated rings. The minimum atomic E-state index is -0.161. The lowest BCUT2D eigenvalue weighted by Gasteiger charge is -2.17. The number of nitrogens with one attached hydrogen (secondary N) is 2. The van der Waals surface area contributed by atoms with E-state index < -0.39 is 0 Å². The van der Waals surface area contributed by atoms with Crippen molar-refractivity contribution in [1.82, 2.24) is 15.5 Å². The molecule has 0 spiro atoms. The van der Waals surface area contributed by atoms with Gasteiger partial charge in [0.2, 0.25) is 5.91 Å². The zero-order valence-corrected chi connectivity index (χ0v) is 12.9. The molecule has 1 aliphatic heterocycles. The summed E-state index contributed by atoms with van der Waals surface area (Å²) in [4.78, 5) is 26.4. The normalized spacial score (nSPS) is 24.1. The van der Waals surface area contributed by atoms with Crippen molar-refractivity contribution < 1.29 is 9.59 Å². The molecule has 3 amide bonds. The lowest BCUT2D eigenvalue weighted by molar-refractivity contribution is -0.125. The molecular formula is C17H23N3O2. The minimum absolute atomic E-state index is 0.0718. The van der Waals surface area contributed by atoms with E-state index in [9.17, 15) is 9.59 Å². The maximum Gasteiger partial charge on any atom is 0.317 e. The smallest absolute Gasteiger partial charge is 0.317 e. The van der Waals surface area contributed by atoms with Crippen LogP contribution in [0.25, 0.3) is 0 Å². The Kier molecular flexibility index (Phi) is 4.32. The molecule has 3 rings (SSSR count). The van der Waals surface area contributed by atoms with Crippen molar-refractivity contribution in [2.45, 2.75) is 31.7 Å². The van der Waals surface area contributed by atoms with Gasteiger partial charge in [-0.25, -0.2) is 4.79 Å². The van der Waals surface area contributed by atoms with E-state index in [4.69, 9.17) is 0 Å². The summed E-state index contributed by atoms with van der Waals surface area (Å²) in [5, 5.41) is 5.92. The van der Waals surface area contributed by atoms with Crippen LogP contribution < -0.4 is 10.6 Å². The lowest BCUT2D eigenvalue weighted by atomic mass is 9.88. The monoisotopic (exact) mass is 301 g/mol. The highest BCUT2D eigenvalue weighted by molar-refractivity contribution is 5.83. The Morgan fingerprint density at radius 2 is 1.91 bits per heavy atom. The van der Waals surface area contributed by atoms with E-state index >= 15 is 0 Å². The van der Waals surface area contributed by atoms with Crippen molar-refractivity contribution in [3.05, 3.63) is 35.9 Å². The molecule has 1 aromatic rings. The standard InChI is InChI=1S/C17H23N3O2/c1-2-18-17(22)20-10-14(12-6-4-3-5-7-12)15(11-20)16(21)19-13-8-9-13/h3-7,13-15H,2,8-11H2,1H3,(H,18,22)(H,19,21)/t14-,15+/m1/s1. The summed E-state index contributed by atoms with van der Waals surface area (Å²) in [6.07, 6.45) is 2.16. The predicted molar refractivity (Wildman–Crippen MR) is 84.5 cm³/mol. The Balaban J connectivity index is 1.76. The SMILES string of the molecule is CCNC(=O)N1C[C@H](C(=O)NC2CC2)[C@@H](c2ccccc2)C1. The van der Waals surface area contributed by atoms with Gasteiger partial charge in [-0.2, -0.15) is 0 Å². The molecule has 2 aliphatic rings. The van der Waals surface area contributed by atoms with Crippen LogP contribution in [0, 0.1) is 5.92 Å². The van der Waals surface area contributed by atoms with E-state index in [1.165, 1.54) is 0 Å². The van der Waals surface area contributed by atoms with Crippen LogP contribution in [-0.2, 0) is 4.79 Å². The van der Waals surface area contributed by atoms with Gasteiger partial charge in [-0.05, 0) is 25.3 Å². The topological polar surface area (TPSA) is 61.4 Å². The first kappa shape index (κ1) is 14.9. The molecule has 2 atom stereocenters. The van der Waals surface area contributed by atoms with Gasteiger partial charge >= 0.3 is 6.03 Å². The third kappa shape index (κ3) is 3.24. The van der Waals surface area contributed by atoms with E-state index in [0.29, 0.717) is 25.7 Å². The predicted octanol–water partition coefficient (Wildman–Crippen LogP) is 1.71. The maximum atomic E-state index is 12.5. The van der Waals surface area contributed by atoms with Gasteiger partial charge in [-0.15, -0.1) is 0 Å². The van der Waals surface area contributed by atoms with Crippen molar-refractivity contribution in [3.8, 4) is 0 Å². The number of likely N-dealkylation sites (tertiary alicyclic amines) is 1. The van der Waals surface area contributed by atoms with Crippen molar-refractivity contribution in [1.29, 1.82) is 0 Å². The molecule has 1 saturated heterocycles. The number of carbonyl (C=O) groups excluding carboxylic acids is 2. The Bertz CT molecular complexity index is 542. The second-order valence-electron chi connectivity index (χ2n) is 6.15. The van der Waals surface area contributed by atoms with Crippen LogP contribution in [-0.4, -0.2) is 42.5 Å². The first-order valence-electron chi connectivity index (χ1n) is 8.07. The molecule has 1 aromatic carbocycles. The summed E-state index contributed by atoms with van der Waals surface area (Å²) in [5.74, 6) is -0.00341. The molecule has 2 N–H and O–H groups in total. The molecule has 118 valence electrons. The van der Waals surface area contributed by atoms with Crippen molar-refractivity contribution in [2.24, 2.45) is 5.92 Å². The lowest BCUT2D eigenvalue weighted by Crippen LogP contribution is -2.40. The van der Waals surface area contributed by atoms with E-state index in [1.807, 2.05) is 37.3 Å². The average Bonchev–Trinajstić information content (AvgIpc) is 3.22. The van der Waals surface area contributed by atoms with Gasteiger partial charge in [0.25, 0.3) is 0 Å². The van der Waals surface area contributed by atoms with Gasteiger partial charge in [0.15, 0.2) is 0 Å². The zero-order valence-electron chi connectivity index (χ0n) is 12.9. The van der Waals surface area contributed by atoms with E-state index in [0.717, 1.165) is 18.4 Å². The molecule has 1 aliphatic carbocycles. The molecule has 22 heavy (non-hydrogen) atoms. The van der Waals surface area contributed by atoms with E-state index in [-0.39, 0.29) is 23.8 Å². The first-order chi connectivity index (χ1) is 10.7. The van der Waals surface area contributed by atoms with Crippen LogP contribution in [0.4, 0.5) is 4.79 Å². The van der Waals surface area contributed by atoms with Gasteiger partial charge in [0.05, 0.1) is 5.92 Å². The fourth-order valence-electron chi connectivity index (χ4n) is 3.07. The fourth-order valence-corrected chi connectivity index (χ4v) is 3.07. The molecule has 1 heterocycles. The average molecular weight is 301 g/mol. The van der Waals surface area contributed by atoms with Crippen molar-refractivity contribution in [2.75, 3.05) is 19.6 Å². The largest absolute Gasteiger partial charge is 0.353 e. The van der Waals surface area contributed by atoms with Crippen molar-refractivity contribution >= 4 is 11.9 Å². The third-order valence-electron chi connectivity index (χ3n) is 4.42. The van der Waals surface area contributed by atoms with Gasteiger partial charge in [-0.3, -0.25) is 4.79 Å². The van der Waals surface area contributed by atoms with Gasteiger partial charge in [0, 0.05) is 31.6 Å². The van der Waals surface area contributed by atoms with Gasteiger partial charge in [-0.1, -0.05) is 30.3 Å². The molecule has 5 heteroatoms. The summed E-state index contributed by atoms with van der Waals surface area (Å²) in [7, 11) is 0. The highest BCUT2D eigenvalue weighted by Crippen LogP contribution is 2.33.